The highest BCUT2D eigenvalue weighted by molar-refractivity contribution is 5.77. The first kappa shape index (κ1) is 14.8. The van der Waals surface area contributed by atoms with Crippen LogP contribution in [0.2, 0.25) is 0 Å². The van der Waals surface area contributed by atoms with Crippen LogP contribution < -0.4 is 5.32 Å². The van der Waals surface area contributed by atoms with Crippen LogP contribution in [0.3, 0.4) is 0 Å². The Morgan fingerprint density at radius 3 is 2.95 bits per heavy atom. The number of nitrogens with one attached hydrogen (secondary N) is 1. The Balaban J connectivity index is 1.64. The van der Waals surface area contributed by atoms with Gasteiger partial charge in [-0.1, -0.05) is 13.8 Å². The molecule has 0 aromatic rings. The van der Waals surface area contributed by atoms with Crippen molar-refractivity contribution in [1.29, 1.82) is 0 Å². The molecule has 2 aliphatic rings. The average molecular weight is 268 g/mol. The van der Waals surface area contributed by atoms with Crippen molar-refractivity contribution in [3.8, 4) is 0 Å². The Morgan fingerprint density at radius 1 is 1.42 bits per heavy atom. The molecule has 0 aliphatic carbocycles. The molecule has 19 heavy (non-hydrogen) atoms. The molecule has 0 radical (unpaired) electrons. The van der Waals surface area contributed by atoms with Gasteiger partial charge in [0, 0.05) is 32.2 Å². The lowest BCUT2D eigenvalue weighted by molar-refractivity contribution is -0.131. The molecule has 2 unspecified atom stereocenters. The summed E-state index contributed by atoms with van der Waals surface area (Å²) in [6.45, 7) is 7.99. The van der Waals surface area contributed by atoms with Crippen molar-refractivity contribution in [2.45, 2.75) is 58.1 Å². The average Bonchev–Trinajstić information content (AvgIpc) is 2.99. The van der Waals surface area contributed by atoms with E-state index >= 15 is 0 Å². The lowest BCUT2D eigenvalue weighted by Gasteiger charge is -2.19. The van der Waals surface area contributed by atoms with Crippen molar-refractivity contribution in [2.24, 2.45) is 5.92 Å². The zero-order valence-corrected chi connectivity index (χ0v) is 12.4. The van der Waals surface area contributed by atoms with Gasteiger partial charge in [0.1, 0.15) is 0 Å². The van der Waals surface area contributed by atoms with Crippen LogP contribution in [0.25, 0.3) is 0 Å². The van der Waals surface area contributed by atoms with Crippen LogP contribution in [0.4, 0.5) is 0 Å². The van der Waals surface area contributed by atoms with Gasteiger partial charge < -0.3 is 15.0 Å². The molecule has 1 N–H and O–H groups in total. The van der Waals surface area contributed by atoms with Crippen LogP contribution in [-0.2, 0) is 9.53 Å². The highest BCUT2D eigenvalue weighted by Crippen LogP contribution is 2.17. The maximum absolute atomic E-state index is 12.2. The fraction of sp³-hybridized carbons (Fsp3) is 0.933. The van der Waals surface area contributed by atoms with Gasteiger partial charge in [0.15, 0.2) is 0 Å². The largest absolute Gasteiger partial charge is 0.376 e. The molecule has 0 saturated carbocycles. The van der Waals surface area contributed by atoms with E-state index in [-0.39, 0.29) is 6.10 Å². The predicted octanol–water partition coefficient (Wildman–Crippen LogP) is 1.79. The van der Waals surface area contributed by atoms with Crippen LogP contribution in [0, 0.1) is 5.92 Å². The first-order chi connectivity index (χ1) is 9.15. The standard InChI is InChI=1S/C15H28N2O2/c1-12(2)6-9-19-14-5-8-17(11-14)15(18)10-13-4-3-7-16-13/h12-14,16H,3-11H2,1-2H3. The van der Waals surface area contributed by atoms with E-state index in [4.69, 9.17) is 4.74 Å². The lowest BCUT2D eigenvalue weighted by Crippen LogP contribution is -2.35. The van der Waals surface area contributed by atoms with Crippen molar-refractivity contribution < 1.29 is 9.53 Å². The molecule has 2 heterocycles. The Morgan fingerprint density at radius 2 is 2.26 bits per heavy atom. The molecule has 2 rings (SSSR count). The van der Waals surface area contributed by atoms with Gasteiger partial charge in [-0.15, -0.1) is 0 Å². The van der Waals surface area contributed by atoms with Crippen molar-refractivity contribution in [1.82, 2.24) is 10.2 Å². The third-order valence-corrected chi connectivity index (χ3v) is 4.13. The molecule has 2 fully saturated rings. The number of amides is 1. The van der Waals surface area contributed by atoms with Crippen molar-refractivity contribution in [2.75, 3.05) is 26.2 Å². The van der Waals surface area contributed by atoms with Crippen molar-refractivity contribution in [3.63, 3.8) is 0 Å². The number of carbonyl (C=O) groups is 1. The molecule has 0 spiro atoms. The number of hydrogen-bond donors (Lipinski definition) is 1. The minimum absolute atomic E-state index is 0.263. The molecule has 0 aromatic carbocycles. The first-order valence-corrected chi connectivity index (χ1v) is 7.78. The molecule has 4 heteroatoms. The second kappa shape index (κ2) is 7.25. The van der Waals surface area contributed by atoms with E-state index in [0.29, 0.717) is 24.3 Å². The summed E-state index contributed by atoms with van der Waals surface area (Å²) in [4.78, 5) is 14.1. The van der Waals surface area contributed by atoms with Crippen LogP contribution in [-0.4, -0.2) is 49.2 Å². The van der Waals surface area contributed by atoms with Gasteiger partial charge in [0.2, 0.25) is 5.91 Å². The summed E-state index contributed by atoms with van der Waals surface area (Å²) in [7, 11) is 0. The normalized spacial score (nSPS) is 27.4. The van der Waals surface area contributed by atoms with Crippen molar-refractivity contribution in [3.05, 3.63) is 0 Å². The Bertz CT molecular complexity index is 288. The number of carbonyl (C=O) groups excluding carboxylic acids is 1. The third-order valence-electron chi connectivity index (χ3n) is 4.13. The zero-order chi connectivity index (χ0) is 13.7. The maximum atomic E-state index is 12.2. The summed E-state index contributed by atoms with van der Waals surface area (Å²) >= 11 is 0. The SMILES string of the molecule is CC(C)CCOC1CCN(C(=O)CC2CCCN2)C1. The van der Waals surface area contributed by atoms with Gasteiger partial charge in [0.25, 0.3) is 0 Å². The Kier molecular flexibility index (Phi) is 5.64. The molecule has 0 aromatic heterocycles. The van der Waals surface area contributed by atoms with Gasteiger partial charge in [-0.05, 0) is 38.1 Å². The molecule has 0 bridgehead atoms. The minimum Gasteiger partial charge on any atom is -0.376 e. The lowest BCUT2D eigenvalue weighted by atomic mass is 10.1. The fourth-order valence-corrected chi connectivity index (χ4v) is 2.83. The highest BCUT2D eigenvalue weighted by atomic mass is 16.5. The van der Waals surface area contributed by atoms with Gasteiger partial charge >= 0.3 is 0 Å². The molecular formula is C15H28N2O2. The molecule has 1 amide bonds. The van der Waals surface area contributed by atoms with E-state index in [2.05, 4.69) is 19.2 Å². The molecule has 2 atom stereocenters. The highest BCUT2D eigenvalue weighted by Gasteiger charge is 2.28. The predicted molar refractivity (Wildman–Crippen MR) is 76.0 cm³/mol. The van der Waals surface area contributed by atoms with Gasteiger partial charge in [-0.3, -0.25) is 4.79 Å². The maximum Gasteiger partial charge on any atom is 0.224 e. The zero-order valence-electron chi connectivity index (χ0n) is 12.4. The summed E-state index contributed by atoms with van der Waals surface area (Å²) in [6, 6.07) is 0.411. The fourth-order valence-electron chi connectivity index (χ4n) is 2.83. The summed E-state index contributed by atoms with van der Waals surface area (Å²) < 4.78 is 5.85. The van der Waals surface area contributed by atoms with Gasteiger partial charge in [-0.25, -0.2) is 0 Å². The third kappa shape index (κ3) is 4.77. The van der Waals surface area contributed by atoms with E-state index in [1.54, 1.807) is 0 Å². The second-order valence-electron chi connectivity index (χ2n) is 6.30. The van der Waals surface area contributed by atoms with E-state index in [1.165, 1.54) is 6.42 Å². The van der Waals surface area contributed by atoms with E-state index in [9.17, 15) is 4.79 Å². The molecule has 2 aliphatic heterocycles. The topological polar surface area (TPSA) is 41.6 Å². The van der Waals surface area contributed by atoms with E-state index in [1.807, 2.05) is 4.90 Å². The summed E-state index contributed by atoms with van der Waals surface area (Å²) in [5, 5.41) is 3.39. The summed E-state index contributed by atoms with van der Waals surface area (Å²) in [5.41, 5.74) is 0. The summed E-state index contributed by atoms with van der Waals surface area (Å²) in [5.74, 6) is 0.988. The van der Waals surface area contributed by atoms with E-state index in [0.717, 1.165) is 45.5 Å². The minimum atomic E-state index is 0.263. The number of hydrogen-bond acceptors (Lipinski definition) is 3. The second-order valence-corrected chi connectivity index (χ2v) is 6.30. The number of likely N-dealkylation sites (tertiary alicyclic amines) is 1. The van der Waals surface area contributed by atoms with Crippen molar-refractivity contribution >= 4 is 5.91 Å². The van der Waals surface area contributed by atoms with E-state index < -0.39 is 0 Å². The number of ether oxygens (including phenoxy) is 1. The quantitative estimate of drug-likeness (QED) is 0.798. The smallest absolute Gasteiger partial charge is 0.224 e. The van der Waals surface area contributed by atoms with Crippen LogP contribution in [0.1, 0.15) is 46.0 Å². The van der Waals surface area contributed by atoms with Crippen LogP contribution in [0.5, 0.6) is 0 Å². The monoisotopic (exact) mass is 268 g/mol. The number of rotatable bonds is 6. The number of nitrogens with zero attached hydrogens (tertiary/aromatic N) is 1. The summed E-state index contributed by atoms with van der Waals surface area (Å²) in [6.07, 6.45) is 5.39. The van der Waals surface area contributed by atoms with Crippen LogP contribution in [0.15, 0.2) is 0 Å². The van der Waals surface area contributed by atoms with Gasteiger partial charge in [0.05, 0.1) is 6.10 Å². The molecule has 4 nitrogen and oxygen atoms in total. The van der Waals surface area contributed by atoms with Gasteiger partial charge in [-0.2, -0.15) is 0 Å². The molecule has 2 saturated heterocycles. The Hall–Kier alpha value is -0.610. The molecular weight excluding hydrogens is 240 g/mol. The Labute approximate surface area is 116 Å². The van der Waals surface area contributed by atoms with Crippen LogP contribution >= 0.6 is 0 Å². The first-order valence-electron chi connectivity index (χ1n) is 7.78. The molecule has 110 valence electrons.